The Morgan fingerprint density at radius 1 is 1.02 bits per heavy atom. The lowest BCUT2D eigenvalue weighted by atomic mass is 9.96. The van der Waals surface area contributed by atoms with E-state index in [-0.39, 0.29) is 5.56 Å². The van der Waals surface area contributed by atoms with E-state index < -0.39 is 0 Å². The molecule has 3 heterocycles. The predicted octanol–water partition coefficient (Wildman–Crippen LogP) is 5.74. The summed E-state index contributed by atoms with van der Waals surface area (Å²) in [6, 6.07) is 24.3. The summed E-state index contributed by atoms with van der Waals surface area (Å²) in [6.45, 7) is 7.68. The Hall–Kier alpha value is -3.90. The molecule has 2 aromatic heterocycles. The van der Waals surface area contributed by atoms with Crippen LogP contribution in [0.4, 0.5) is 11.4 Å². The number of para-hydroxylation sites is 2. The van der Waals surface area contributed by atoms with E-state index in [9.17, 15) is 4.79 Å². The molecule has 40 heavy (non-hydrogen) atoms. The molecule has 2 aliphatic rings. The highest BCUT2D eigenvalue weighted by molar-refractivity contribution is 7.07. The molecule has 0 bridgehead atoms. The molecular weight excluding hydrogens is 514 g/mol. The van der Waals surface area contributed by atoms with Crippen LogP contribution in [0.25, 0.3) is 23.3 Å². The maximum Gasteiger partial charge on any atom is 0.377 e. The van der Waals surface area contributed by atoms with Crippen LogP contribution in [0.5, 0.6) is 0 Å². The van der Waals surface area contributed by atoms with E-state index in [0.717, 1.165) is 38.3 Å². The van der Waals surface area contributed by atoms with Crippen LogP contribution >= 0.6 is 11.3 Å². The number of hydrogen-bond donors (Lipinski definition) is 0. The highest BCUT2D eigenvalue weighted by atomic mass is 32.1. The van der Waals surface area contributed by atoms with Crippen molar-refractivity contribution in [2.75, 3.05) is 4.90 Å². The van der Waals surface area contributed by atoms with Gasteiger partial charge in [0.15, 0.2) is 0 Å². The van der Waals surface area contributed by atoms with Crippen LogP contribution in [0.3, 0.4) is 0 Å². The SMILES string of the molecule is CCn1c(=O)/c(=C\c2ccc3c(c2)C2CCCC2N3c2ccc(C)cc2)s/c1=C\c1oc2ccccc2[n+]1CC. The van der Waals surface area contributed by atoms with Crippen LogP contribution in [0, 0.1) is 6.92 Å². The van der Waals surface area contributed by atoms with Crippen molar-refractivity contribution in [3.05, 3.63) is 109 Å². The van der Waals surface area contributed by atoms with E-state index in [1.807, 2.05) is 35.8 Å². The van der Waals surface area contributed by atoms with Gasteiger partial charge in [-0.05, 0) is 81.1 Å². The topological polar surface area (TPSA) is 42.3 Å². The van der Waals surface area contributed by atoms with Gasteiger partial charge in [0.25, 0.3) is 11.1 Å². The maximum atomic E-state index is 13.5. The Bertz CT molecular complexity index is 1910. The number of aromatic nitrogens is 2. The zero-order valence-corrected chi connectivity index (χ0v) is 24.1. The zero-order chi connectivity index (χ0) is 27.4. The van der Waals surface area contributed by atoms with Crippen LogP contribution in [-0.2, 0) is 13.1 Å². The number of aryl methyl sites for hydroxylation is 2. The lowest BCUT2D eigenvalue weighted by Crippen LogP contribution is -2.35. The summed E-state index contributed by atoms with van der Waals surface area (Å²) in [5, 5.41) is 0. The van der Waals surface area contributed by atoms with Crippen molar-refractivity contribution in [2.45, 2.75) is 65.1 Å². The quantitative estimate of drug-likeness (QED) is 0.263. The van der Waals surface area contributed by atoms with Gasteiger partial charge in [0.2, 0.25) is 5.58 Å². The molecule has 202 valence electrons. The molecule has 0 amide bonds. The van der Waals surface area contributed by atoms with E-state index in [4.69, 9.17) is 4.42 Å². The molecule has 5 aromatic rings. The molecule has 1 saturated carbocycles. The van der Waals surface area contributed by atoms with Crippen molar-refractivity contribution in [3.8, 4) is 0 Å². The highest BCUT2D eigenvalue weighted by Crippen LogP contribution is 2.52. The molecule has 2 atom stereocenters. The van der Waals surface area contributed by atoms with Crippen LogP contribution in [0.15, 0.2) is 75.9 Å². The Morgan fingerprint density at radius 2 is 1.85 bits per heavy atom. The number of anilines is 2. The van der Waals surface area contributed by atoms with Gasteiger partial charge in [-0.25, -0.2) is 0 Å². The third-order valence-corrected chi connectivity index (χ3v) is 9.64. The van der Waals surface area contributed by atoms with E-state index in [0.29, 0.717) is 18.5 Å². The molecule has 7 rings (SSSR count). The lowest BCUT2D eigenvalue weighted by Gasteiger charge is -2.27. The number of nitrogens with zero attached hydrogens (tertiary/aromatic N) is 3. The van der Waals surface area contributed by atoms with Crippen LogP contribution in [-0.4, -0.2) is 10.6 Å². The van der Waals surface area contributed by atoms with Gasteiger partial charge in [-0.1, -0.05) is 42.3 Å². The molecule has 1 fully saturated rings. The van der Waals surface area contributed by atoms with Gasteiger partial charge in [0.05, 0.1) is 10.6 Å². The van der Waals surface area contributed by atoms with Gasteiger partial charge < -0.3 is 9.32 Å². The lowest BCUT2D eigenvalue weighted by molar-refractivity contribution is -0.674. The summed E-state index contributed by atoms with van der Waals surface area (Å²) in [5.41, 5.74) is 8.36. The first kappa shape index (κ1) is 25.1. The van der Waals surface area contributed by atoms with Gasteiger partial charge in [-0.3, -0.25) is 9.36 Å². The molecule has 5 nitrogen and oxygen atoms in total. The van der Waals surface area contributed by atoms with Gasteiger partial charge >= 0.3 is 5.89 Å². The Kier molecular flexibility index (Phi) is 6.23. The van der Waals surface area contributed by atoms with Crippen molar-refractivity contribution >= 4 is 46.0 Å². The van der Waals surface area contributed by atoms with Crippen molar-refractivity contribution in [1.29, 1.82) is 0 Å². The number of thiazole rings is 1. The van der Waals surface area contributed by atoms with Crippen molar-refractivity contribution in [2.24, 2.45) is 0 Å². The van der Waals surface area contributed by atoms with Gasteiger partial charge in [0.1, 0.15) is 11.2 Å². The molecule has 6 heteroatoms. The molecule has 0 saturated heterocycles. The Labute approximate surface area is 237 Å². The van der Waals surface area contributed by atoms with Crippen LogP contribution in [0.2, 0.25) is 0 Å². The summed E-state index contributed by atoms with van der Waals surface area (Å²) in [5.74, 6) is 1.31. The molecule has 1 aliphatic heterocycles. The minimum absolute atomic E-state index is 0.0541. The summed E-state index contributed by atoms with van der Waals surface area (Å²) in [6.07, 6.45) is 7.79. The molecule has 0 spiro atoms. The van der Waals surface area contributed by atoms with Gasteiger partial charge in [-0.15, -0.1) is 11.3 Å². The standard InChI is InChI=1S/C34H34N3O2S/c1-4-35-29-10-6-7-12-30(29)39-32(35)21-33-36(5-2)34(38)31(40-33)20-23-15-18-28-26(19-23)25-9-8-11-27(25)37(28)24-16-13-22(3)14-17-24/h6-7,10,12-21,25,27H,4-5,8-9,11H2,1-3H3/q+1/b31-20+. The largest absolute Gasteiger partial charge is 0.398 e. The first-order valence-corrected chi connectivity index (χ1v) is 15.2. The Balaban J connectivity index is 1.32. The summed E-state index contributed by atoms with van der Waals surface area (Å²) >= 11 is 1.54. The molecule has 2 unspecified atom stereocenters. The second kappa shape index (κ2) is 9.93. The van der Waals surface area contributed by atoms with Gasteiger partial charge in [-0.2, -0.15) is 4.57 Å². The predicted molar refractivity (Wildman–Crippen MR) is 163 cm³/mol. The molecule has 3 aromatic carbocycles. The number of rotatable bonds is 5. The molecule has 1 aliphatic carbocycles. The van der Waals surface area contributed by atoms with E-state index in [1.54, 1.807) is 0 Å². The number of oxazole rings is 1. The third-order valence-electron chi connectivity index (χ3n) is 8.58. The van der Waals surface area contributed by atoms with Crippen LogP contribution in [0.1, 0.15) is 61.6 Å². The zero-order valence-electron chi connectivity index (χ0n) is 23.3. The summed E-state index contributed by atoms with van der Waals surface area (Å²) < 4.78 is 11.9. The second-order valence-electron chi connectivity index (χ2n) is 10.9. The fraction of sp³-hybridized carbons (Fsp3) is 0.294. The Morgan fingerprint density at radius 3 is 2.65 bits per heavy atom. The number of benzene rings is 3. The van der Waals surface area contributed by atoms with Crippen molar-refractivity contribution in [3.63, 3.8) is 0 Å². The average molecular weight is 549 g/mol. The molecule has 0 N–H and O–H groups in total. The van der Waals surface area contributed by atoms with E-state index in [1.165, 1.54) is 53.1 Å². The third kappa shape index (κ3) is 4.05. The number of fused-ring (bicyclic) bond motifs is 4. The van der Waals surface area contributed by atoms with Crippen LogP contribution < -0.4 is 24.2 Å². The number of hydrogen-bond acceptors (Lipinski definition) is 4. The normalized spacial score (nSPS) is 19.1. The maximum absolute atomic E-state index is 13.5. The fourth-order valence-corrected chi connectivity index (χ4v) is 7.79. The minimum Gasteiger partial charge on any atom is -0.398 e. The molecule has 0 radical (unpaired) electrons. The first-order chi connectivity index (χ1) is 19.6. The fourth-order valence-electron chi connectivity index (χ4n) is 6.69. The first-order valence-electron chi connectivity index (χ1n) is 14.4. The monoisotopic (exact) mass is 548 g/mol. The van der Waals surface area contributed by atoms with Crippen molar-refractivity contribution < 1.29 is 8.98 Å². The summed E-state index contributed by atoms with van der Waals surface area (Å²) in [7, 11) is 0. The second-order valence-corrected chi connectivity index (χ2v) is 12.0. The van der Waals surface area contributed by atoms with E-state index in [2.05, 4.69) is 77.9 Å². The van der Waals surface area contributed by atoms with Crippen molar-refractivity contribution in [1.82, 2.24) is 4.57 Å². The highest BCUT2D eigenvalue weighted by Gasteiger charge is 2.42. The average Bonchev–Trinajstić information content (AvgIpc) is 3.71. The smallest absolute Gasteiger partial charge is 0.377 e. The van der Waals surface area contributed by atoms with Gasteiger partial charge in [0, 0.05) is 35.9 Å². The molecular formula is C34H34N3O2S+. The summed E-state index contributed by atoms with van der Waals surface area (Å²) in [4.78, 5) is 16.0. The van der Waals surface area contributed by atoms with E-state index >= 15 is 0 Å². The minimum atomic E-state index is 0.0541.